The Balaban J connectivity index is 2.01. The van der Waals surface area contributed by atoms with Gasteiger partial charge in [-0.05, 0) is 118 Å². The lowest BCUT2D eigenvalue weighted by Gasteiger charge is -2.62. The van der Waals surface area contributed by atoms with Gasteiger partial charge in [0.15, 0.2) is 22.1 Å². The standard InChI is InChI=1S/C37H66O5Si2/c1-15-44(16-2,17-3)42-32-21-23-36(10)30(25-29-33(38)27(5)28(6)41-34(29)39-12)26(4)19-20-31(36)37(32,11)22-18-24-40-43(13,14)35(7,8)9/h30-32H,4,15-25H2,1-3,5-14H3/t30-,31-,32-,36+,37+/m1/s1. The number of fused-ring (bicyclic) bond motifs is 1. The summed E-state index contributed by atoms with van der Waals surface area (Å²) in [6, 6.07) is 3.51. The zero-order valence-corrected chi connectivity index (χ0v) is 32.8. The van der Waals surface area contributed by atoms with E-state index in [2.05, 4.69) is 75.1 Å². The van der Waals surface area contributed by atoms with Crippen molar-refractivity contribution in [2.75, 3.05) is 13.7 Å². The third-order valence-corrected chi connectivity index (χ3v) is 22.2. The highest BCUT2D eigenvalue weighted by molar-refractivity contribution is 6.74. The molecule has 0 bridgehead atoms. The molecule has 0 saturated heterocycles. The maximum atomic E-state index is 13.6. The lowest BCUT2D eigenvalue weighted by Crippen LogP contribution is -2.59. The molecule has 0 aromatic carbocycles. The van der Waals surface area contributed by atoms with E-state index in [1.54, 1.807) is 7.11 Å². The van der Waals surface area contributed by atoms with Crippen LogP contribution in [0.4, 0.5) is 0 Å². The van der Waals surface area contributed by atoms with Crippen LogP contribution >= 0.6 is 0 Å². The topological polar surface area (TPSA) is 57.9 Å². The number of hydrogen-bond acceptors (Lipinski definition) is 5. The first kappa shape index (κ1) is 37.3. The molecule has 0 amide bonds. The average Bonchev–Trinajstić information content (AvgIpc) is 2.96. The fraction of sp³-hybridized carbons (Fsp3) is 0.811. The molecule has 2 fully saturated rings. The number of methoxy groups -OCH3 is 1. The predicted molar refractivity (Wildman–Crippen MR) is 190 cm³/mol. The van der Waals surface area contributed by atoms with Crippen molar-refractivity contribution in [2.45, 2.75) is 157 Å². The van der Waals surface area contributed by atoms with E-state index in [0.29, 0.717) is 35.2 Å². The summed E-state index contributed by atoms with van der Waals surface area (Å²) in [7, 11) is -2.02. The Kier molecular flexibility index (Phi) is 11.8. The van der Waals surface area contributed by atoms with Crippen molar-refractivity contribution >= 4 is 16.6 Å². The second kappa shape index (κ2) is 13.9. The van der Waals surface area contributed by atoms with Crippen molar-refractivity contribution in [2.24, 2.45) is 22.7 Å². The number of hydrogen-bond donors (Lipinski definition) is 0. The molecular formula is C37H66O5Si2. The molecule has 2 aliphatic rings. The Labute approximate surface area is 272 Å². The van der Waals surface area contributed by atoms with Crippen LogP contribution in [0.25, 0.3) is 0 Å². The lowest BCUT2D eigenvalue weighted by molar-refractivity contribution is -0.132. The highest BCUT2D eigenvalue weighted by Crippen LogP contribution is 2.64. The molecule has 0 unspecified atom stereocenters. The second-order valence-corrected chi connectivity index (χ2v) is 25.7. The Morgan fingerprint density at radius 3 is 2.20 bits per heavy atom. The number of aryl methyl sites for hydroxylation is 1. The Morgan fingerprint density at radius 1 is 1.05 bits per heavy atom. The molecule has 1 aromatic rings. The summed E-state index contributed by atoms with van der Waals surface area (Å²) < 4.78 is 25.8. The molecule has 3 rings (SSSR count). The molecule has 1 heterocycles. The van der Waals surface area contributed by atoms with Crippen molar-refractivity contribution in [3.8, 4) is 5.95 Å². The summed E-state index contributed by atoms with van der Waals surface area (Å²) in [6.45, 7) is 32.9. The quantitative estimate of drug-likeness (QED) is 0.121. The van der Waals surface area contributed by atoms with E-state index < -0.39 is 16.6 Å². The molecule has 2 aliphatic carbocycles. The second-order valence-electron chi connectivity index (χ2n) is 16.2. The van der Waals surface area contributed by atoms with E-state index in [9.17, 15) is 4.79 Å². The molecule has 0 radical (unpaired) electrons. The van der Waals surface area contributed by atoms with Gasteiger partial charge < -0.3 is 18.0 Å². The van der Waals surface area contributed by atoms with Crippen LogP contribution in [-0.2, 0) is 15.3 Å². The Morgan fingerprint density at radius 2 is 1.66 bits per heavy atom. The molecule has 0 N–H and O–H groups in total. The molecule has 1 aromatic heterocycles. The summed E-state index contributed by atoms with van der Waals surface area (Å²) in [6.07, 6.45) is 7.29. The molecule has 7 heteroatoms. The first-order chi connectivity index (χ1) is 20.4. The summed E-state index contributed by atoms with van der Waals surface area (Å²) in [4.78, 5) is 13.6. The van der Waals surface area contributed by atoms with Gasteiger partial charge >= 0.3 is 0 Å². The van der Waals surface area contributed by atoms with E-state index in [0.717, 1.165) is 45.1 Å². The monoisotopic (exact) mass is 646 g/mol. The van der Waals surface area contributed by atoms with Gasteiger partial charge in [-0.2, -0.15) is 0 Å². The summed E-state index contributed by atoms with van der Waals surface area (Å²) in [5.41, 5.74) is 2.70. The number of allylic oxidation sites excluding steroid dienone is 1. The minimum Gasteiger partial charge on any atom is -0.468 e. The third-order valence-electron chi connectivity index (χ3n) is 13.0. The van der Waals surface area contributed by atoms with Crippen LogP contribution in [-0.4, -0.2) is 36.5 Å². The third kappa shape index (κ3) is 7.06. The first-order valence-corrected chi connectivity index (χ1v) is 23.0. The van der Waals surface area contributed by atoms with Gasteiger partial charge in [0.2, 0.25) is 0 Å². The van der Waals surface area contributed by atoms with Crippen molar-refractivity contribution in [3.63, 3.8) is 0 Å². The molecule has 252 valence electrons. The first-order valence-electron chi connectivity index (χ1n) is 17.5. The highest BCUT2D eigenvalue weighted by Gasteiger charge is 2.59. The van der Waals surface area contributed by atoms with Gasteiger partial charge in [-0.25, -0.2) is 0 Å². The van der Waals surface area contributed by atoms with E-state index in [1.807, 2.05) is 13.8 Å². The van der Waals surface area contributed by atoms with Crippen molar-refractivity contribution in [3.05, 3.63) is 39.3 Å². The SMILES string of the molecule is C=C1CC[C@H]2[C@](C)(CCCO[Si](C)(C)C(C)(C)C)[C@H](O[Si](CC)(CC)CC)CC[C@@]2(C)[C@@H]1Cc1c(OC)oc(C)c(C)c1=O. The van der Waals surface area contributed by atoms with Crippen LogP contribution in [0.2, 0.25) is 36.3 Å². The van der Waals surface area contributed by atoms with Crippen molar-refractivity contribution < 1.29 is 18.0 Å². The minimum atomic E-state index is -1.81. The van der Waals surface area contributed by atoms with Crippen LogP contribution in [0.3, 0.4) is 0 Å². The largest absolute Gasteiger partial charge is 0.468 e. The Hall–Kier alpha value is -1.16. The van der Waals surface area contributed by atoms with Crippen LogP contribution in [0.1, 0.15) is 111 Å². The van der Waals surface area contributed by atoms with Gasteiger partial charge in [0, 0.05) is 12.2 Å². The van der Waals surface area contributed by atoms with E-state index in [-0.39, 0.29) is 33.3 Å². The summed E-state index contributed by atoms with van der Waals surface area (Å²) >= 11 is 0. The molecule has 0 aliphatic heterocycles. The molecule has 44 heavy (non-hydrogen) atoms. The zero-order valence-electron chi connectivity index (χ0n) is 30.8. The van der Waals surface area contributed by atoms with Gasteiger partial charge in [-0.3, -0.25) is 4.79 Å². The van der Waals surface area contributed by atoms with Gasteiger partial charge in [0.1, 0.15) is 5.76 Å². The number of rotatable bonds is 13. The van der Waals surface area contributed by atoms with Crippen molar-refractivity contribution in [1.82, 2.24) is 0 Å². The predicted octanol–water partition coefficient (Wildman–Crippen LogP) is 10.4. The van der Waals surface area contributed by atoms with Crippen molar-refractivity contribution in [1.29, 1.82) is 0 Å². The zero-order chi connectivity index (χ0) is 33.3. The highest BCUT2D eigenvalue weighted by atomic mass is 28.4. The fourth-order valence-corrected chi connectivity index (χ4v) is 12.6. The normalized spacial score (nSPS) is 28.2. The molecular weight excluding hydrogens is 581 g/mol. The van der Waals surface area contributed by atoms with Gasteiger partial charge in [0.05, 0.1) is 18.8 Å². The van der Waals surface area contributed by atoms with Gasteiger partial charge in [0.25, 0.3) is 5.95 Å². The Bertz CT molecular complexity index is 1200. The van der Waals surface area contributed by atoms with Crippen LogP contribution in [0, 0.1) is 36.5 Å². The summed E-state index contributed by atoms with van der Waals surface area (Å²) in [5.74, 6) is 1.65. The molecule has 2 saturated carbocycles. The number of ether oxygens (including phenoxy) is 1. The van der Waals surface area contributed by atoms with Crippen LogP contribution in [0.5, 0.6) is 5.95 Å². The molecule has 5 atom stereocenters. The van der Waals surface area contributed by atoms with Crippen LogP contribution in [0.15, 0.2) is 21.4 Å². The average molecular weight is 647 g/mol. The lowest BCUT2D eigenvalue weighted by atomic mass is 9.45. The smallest absolute Gasteiger partial charge is 0.291 e. The molecule has 5 nitrogen and oxygen atoms in total. The minimum absolute atomic E-state index is 0.00926. The summed E-state index contributed by atoms with van der Waals surface area (Å²) in [5, 5.41) is 0.208. The van der Waals surface area contributed by atoms with Gasteiger partial charge in [-0.1, -0.05) is 67.5 Å². The van der Waals surface area contributed by atoms with Gasteiger partial charge in [-0.15, -0.1) is 0 Å². The molecule has 0 spiro atoms. The van der Waals surface area contributed by atoms with Crippen LogP contribution < -0.4 is 10.2 Å². The maximum absolute atomic E-state index is 13.6. The maximum Gasteiger partial charge on any atom is 0.291 e. The van der Waals surface area contributed by atoms with E-state index in [4.69, 9.17) is 18.0 Å². The fourth-order valence-electron chi connectivity index (χ4n) is 8.48. The van der Waals surface area contributed by atoms with E-state index >= 15 is 0 Å². The van der Waals surface area contributed by atoms with E-state index in [1.165, 1.54) is 23.7 Å².